The molecule has 0 spiro atoms. The van der Waals surface area contributed by atoms with Gasteiger partial charge < -0.3 is 16.2 Å². The normalized spacial score (nSPS) is 17.8. The highest BCUT2D eigenvalue weighted by Gasteiger charge is 2.29. The summed E-state index contributed by atoms with van der Waals surface area (Å²) in [4.78, 5) is 11.1. The summed E-state index contributed by atoms with van der Waals surface area (Å²) in [6, 6.07) is 1.23. The Morgan fingerprint density at radius 2 is 2.00 bits per heavy atom. The molecule has 1 fully saturated rings. The van der Waals surface area contributed by atoms with Crippen LogP contribution in [0.25, 0.3) is 0 Å². The fourth-order valence-corrected chi connectivity index (χ4v) is 4.44. The average molecular weight is 291 g/mol. The van der Waals surface area contributed by atoms with Crippen molar-refractivity contribution in [2.24, 2.45) is 5.73 Å². The van der Waals surface area contributed by atoms with Gasteiger partial charge in [-0.2, -0.15) is 4.31 Å². The molecule has 2 heterocycles. The van der Waals surface area contributed by atoms with E-state index in [-0.39, 0.29) is 14.8 Å². The standard InChI is InChI=1S/C9H13N3O4S2/c10-8(13)6-5-7(17-9(6)11)18(14,15)12-1-3-16-4-2-12/h5H,1-4,11H2,(H2,10,13). The SMILES string of the molecule is NC(=O)c1cc(S(=O)(=O)N2CCOCC2)sc1N. The maximum atomic E-state index is 12.2. The van der Waals surface area contributed by atoms with E-state index in [0.717, 1.165) is 11.3 Å². The fourth-order valence-electron chi connectivity index (χ4n) is 1.62. The zero-order valence-corrected chi connectivity index (χ0v) is 11.1. The predicted molar refractivity (Wildman–Crippen MR) is 66.8 cm³/mol. The maximum Gasteiger partial charge on any atom is 0.252 e. The van der Waals surface area contributed by atoms with Gasteiger partial charge in [-0.1, -0.05) is 0 Å². The van der Waals surface area contributed by atoms with E-state index < -0.39 is 15.9 Å². The van der Waals surface area contributed by atoms with Crippen LogP contribution in [0.5, 0.6) is 0 Å². The molecule has 0 radical (unpaired) electrons. The lowest BCUT2D eigenvalue weighted by Gasteiger charge is -2.25. The van der Waals surface area contributed by atoms with Gasteiger partial charge in [0.2, 0.25) is 0 Å². The first kappa shape index (κ1) is 13.3. The Kier molecular flexibility index (Phi) is 3.57. The van der Waals surface area contributed by atoms with Crippen LogP contribution in [-0.4, -0.2) is 44.9 Å². The molecule has 0 saturated carbocycles. The van der Waals surface area contributed by atoms with E-state index >= 15 is 0 Å². The molecule has 0 atom stereocenters. The maximum absolute atomic E-state index is 12.2. The Bertz CT molecular complexity index is 560. The number of hydrogen-bond donors (Lipinski definition) is 2. The third kappa shape index (κ3) is 2.34. The third-order valence-electron chi connectivity index (χ3n) is 2.57. The minimum Gasteiger partial charge on any atom is -0.390 e. The van der Waals surface area contributed by atoms with Crippen molar-refractivity contribution in [1.82, 2.24) is 4.31 Å². The van der Waals surface area contributed by atoms with E-state index in [0.29, 0.717) is 26.3 Å². The Labute approximate surface area is 108 Å². The number of nitrogen functional groups attached to an aromatic ring is 1. The van der Waals surface area contributed by atoms with Crippen LogP contribution in [0, 0.1) is 0 Å². The van der Waals surface area contributed by atoms with Gasteiger partial charge in [0.1, 0.15) is 4.21 Å². The van der Waals surface area contributed by atoms with Crippen molar-refractivity contribution < 1.29 is 17.9 Å². The highest BCUT2D eigenvalue weighted by Crippen LogP contribution is 2.30. The number of thiophene rings is 1. The first-order valence-corrected chi connectivity index (χ1v) is 7.45. The van der Waals surface area contributed by atoms with Gasteiger partial charge in [0.15, 0.2) is 0 Å². The predicted octanol–water partition coefficient (Wildman–Crippen LogP) is -0.550. The first-order valence-electron chi connectivity index (χ1n) is 5.20. The topological polar surface area (TPSA) is 116 Å². The molecule has 1 aliphatic rings. The zero-order valence-electron chi connectivity index (χ0n) is 9.46. The Morgan fingerprint density at radius 1 is 1.39 bits per heavy atom. The third-order valence-corrected chi connectivity index (χ3v) is 5.88. The summed E-state index contributed by atoms with van der Waals surface area (Å²) in [6.07, 6.45) is 0. The molecule has 4 N–H and O–H groups in total. The van der Waals surface area contributed by atoms with E-state index in [1.165, 1.54) is 10.4 Å². The number of rotatable bonds is 3. The summed E-state index contributed by atoms with van der Waals surface area (Å²) in [7, 11) is -3.61. The van der Waals surface area contributed by atoms with Gasteiger partial charge in [-0.3, -0.25) is 4.79 Å². The largest absolute Gasteiger partial charge is 0.390 e. The Hall–Kier alpha value is -1.16. The molecule has 18 heavy (non-hydrogen) atoms. The van der Waals surface area contributed by atoms with Gasteiger partial charge >= 0.3 is 0 Å². The number of ether oxygens (including phenoxy) is 1. The second-order valence-electron chi connectivity index (χ2n) is 3.72. The highest BCUT2D eigenvalue weighted by atomic mass is 32.2. The van der Waals surface area contributed by atoms with Crippen molar-refractivity contribution in [1.29, 1.82) is 0 Å². The van der Waals surface area contributed by atoms with E-state index in [2.05, 4.69) is 0 Å². The fraction of sp³-hybridized carbons (Fsp3) is 0.444. The number of amides is 1. The summed E-state index contributed by atoms with van der Waals surface area (Å²) in [5.74, 6) is -0.729. The first-order chi connectivity index (χ1) is 8.43. The molecule has 0 bridgehead atoms. The number of anilines is 1. The summed E-state index contributed by atoms with van der Waals surface area (Å²) in [6.45, 7) is 1.32. The molecule has 1 aromatic heterocycles. The molecule has 2 rings (SSSR count). The van der Waals surface area contributed by atoms with E-state index in [9.17, 15) is 13.2 Å². The van der Waals surface area contributed by atoms with Crippen molar-refractivity contribution >= 4 is 32.3 Å². The van der Waals surface area contributed by atoms with Crippen molar-refractivity contribution in [2.45, 2.75) is 4.21 Å². The summed E-state index contributed by atoms with van der Waals surface area (Å²) < 4.78 is 30.9. The molecule has 100 valence electrons. The minimum absolute atomic E-state index is 0.0377. The van der Waals surface area contributed by atoms with E-state index in [4.69, 9.17) is 16.2 Å². The van der Waals surface area contributed by atoms with Crippen molar-refractivity contribution in [3.63, 3.8) is 0 Å². The molecular formula is C9H13N3O4S2. The van der Waals surface area contributed by atoms with Crippen LogP contribution < -0.4 is 11.5 Å². The van der Waals surface area contributed by atoms with E-state index in [1.54, 1.807) is 0 Å². The second-order valence-corrected chi connectivity index (χ2v) is 6.97. The summed E-state index contributed by atoms with van der Waals surface area (Å²) in [5, 5.41) is 0.120. The smallest absolute Gasteiger partial charge is 0.252 e. The molecular weight excluding hydrogens is 278 g/mol. The van der Waals surface area contributed by atoms with E-state index in [1.807, 2.05) is 0 Å². The highest BCUT2D eigenvalue weighted by molar-refractivity contribution is 7.91. The van der Waals surface area contributed by atoms with Crippen LogP contribution >= 0.6 is 11.3 Å². The van der Waals surface area contributed by atoms with Crippen molar-refractivity contribution in [2.75, 3.05) is 32.0 Å². The van der Waals surface area contributed by atoms with Crippen molar-refractivity contribution in [3.05, 3.63) is 11.6 Å². The Balaban J connectivity index is 2.35. The molecule has 7 nitrogen and oxygen atoms in total. The lowest BCUT2D eigenvalue weighted by Crippen LogP contribution is -2.40. The van der Waals surface area contributed by atoms with Crippen LogP contribution in [0.1, 0.15) is 10.4 Å². The summed E-state index contributed by atoms with van der Waals surface area (Å²) in [5.41, 5.74) is 10.7. The monoisotopic (exact) mass is 291 g/mol. The summed E-state index contributed by atoms with van der Waals surface area (Å²) >= 11 is 0.850. The molecule has 0 aliphatic carbocycles. The number of nitrogens with zero attached hydrogens (tertiary/aromatic N) is 1. The average Bonchev–Trinajstić information content (AvgIpc) is 2.73. The lowest BCUT2D eigenvalue weighted by molar-refractivity contribution is 0.0731. The number of primary amides is 1. The number of hydrogen-bond acceptors (Lipinski definition) is 6. The number of morpholine rings is 1. The molecule has 0 aromatic carbocycles. The lowest BCUT2D eigenvalue weighted by atomic mass is 10.3. The molecule has 9 heteroatoms. The van der Waals surface area contributed by atoms with Gasteiger partial charge in [0, 0.05) is 13.1 Å². The molecule has 0 unspecified atom stereocenters. The quantitative estimate of drug-likeness (QED) is 0.775. The van der Waals surface area contributed by atoms with Crippen LogP contribution in [0.3, 0.4) is 0 Å². The number of carbonyl (C=O) groups excluding carboxylic acids is 1. The van der Waals surface area contributed by atoms with Gasteiger partial charge in [-0.05, 0) is 6.07 Å². The Morgan fingerprint density at radius 3 is 2.50 bits per heavy atom. The molecule has 1 aromatic rings. The molecule has 1 saturated heterocycles. The van der Waals surface area contributed by atoms with Crippen molar-refractivity contribution in [3.8, 4) is 0 Å². The number of nitrogens with two attached hydrogens (primary N) is 2. The van der Waals surface area contributed by atoms with Crippen LogP contribution in [0.15, 0.2) is 10.3 Å². The van der Waals surface area contributed by atoms with Crippen LogP contribution in [0.4, 0.5) is 5.00 Å². The van der Waals surface area contributed by atoms with Gasteiger partial charge in [-0.25, -0.2) is 8.42 Å². The van der Waals surface area contributed by atoms with Crippen LogP contribution in [-0.2, 0) is 14.8 Å². The van der Waals surface area contributed by atoms with Gasteiger partial charge in [0.05, 0.1) is 23.8 Å². The zero-order chi connectivity index (χ0) is 13.3. The van der Waals surface area contributed by atoms with Gasteiger partial charge in [0.25, 0.3) is 15.9 Å². The van der Waals surface area contributed by atoms with Gasteiger partial charge in [-0.15, -0.1) is 11.3 Å². The second kappa shape index (κ2) is 4.84. The number of carbonyl (C=O) groups is 1. The molecule has 1 aliphatic heterocycles. The van der Waals surface area contributed by atoms with Crippen LogP contribution in [0.2, 0.25) is 0 Å². The number of sulfonamides is 1. The molecule has 1 amide bonds. The minimum atomic E-state index is -3.61.